The Balaban J connectivity index is 1.33. The average molecular weight is 473 g/mol. The molecule has 1 N–H and O–H groups in total. The van der Waals surface area contributed by atoms with Crippen LogP contribution in [0.15, 0.2) is 53.4 Å². The van der Waals surface area contributed by atoms with Crippen LogP contribution in [-0.4, -0.2) is 51.5 Å². The number of hydrogen-bond acceptors (Lipinski definition) is 5. The molecule has 1 saturated heterocycles. The number of fused-ring (bicyclic) bond motifs is 1. The topological polar surface area (TPSA) is 84.9 Å². The van der Waals surface area contributed by atoms with Crippen LogP contribution in [0.4, 0.5) is 0 Å². The molecule has 1 unspecified atom stereocenters. The van der Waals surface area contributed by atoms with Crippen LogP contribution < -0.4 is 14.8 Å². The number of piperidine rings is 1. The first-order valence-corrected chi connectivity index (χ1v) is 13.2. The zero-order chi connectivity index (χ0) is 23.3. The maximum Gasteiger partial charge on any atom is 0.243 e. The van der Waals surface area contributed by atoms with Crippen molar-refractivity contribution in [1.82, 2.24) is 9.62 Å². The molecule has 0 bridgehead atoms. The number of carbonyl (C=O) groups excluding carboxylic acids is 1. The van der Waals surface area contributed by atoms with Gasteiger partial charge in [0.15, 0.2) is 11.5 Å². The van der Waals surface area contributed by atoms with Crippen molar-refractivity contribution in [3.63, 3.8) is 0 Å². The first kappa shape index (κ1) is 23.6. The fourth-order valence-electron chi connectivity index (χ4n) is 4.40. The Hall–Kier alpha value is -2.58. The van der Waals surface area contributed by atoms with Gasteiger partial charge in [-0.3, -0.25) is 4.79 Å². The van der Waals surface area contributed by atoms with Crippen LogP contribution in [0.3, 0.4) is 0 Å². The summed E-state index contributed by atoms with van der Waals surface area (Å²) in [7, 11) is -3.66. The number of nitrogens with zero attached hydrogens (tertiary/aromatic N) is 1. The van der Waals surface area contributed by atoms with Crippen molar-refractivity contribution in [3.05, 3.63) is 54.1 Å². The lowest BCUT2D eigenvalue weighted by Crippen LogP contribution is -2.43. The quantitative estimate of drug-likeness (QED) is 0.666. The predicted molar refractivity (Wildman–Crippen MR) is 126 cm³/mol. The summed E-state index contributed by atoms with van der Waals surface area (Å²) in [6.07, 6.45) is 2.72. The second-order valence-corrected chi connectivity index (χ2v) is 10.5. The molecular formula is C25H32N2O5S. The molecule has 8 heteroatoms. The van der Waals surface area contributed by atoms with E-state index in [0.29, 0.717) is 57.2 Å². The van der Waals surface area contributed by atoms with Crippen LogP contribution in [0, 0.1) is 5.92 Å². The van der Waals surface area contributed by atoms with Gasteiger partial charge in [-0.15, -0.1) is 0 Å². The SMILES string of the molecule is CCC(CNC(=O)C1CCN(S(=O)(=O)c2ccc3c(c2)OCCCO3)CC1)c1ccccc1. The summed E-state index contributed by atoms with van der Waals surface area (Å²) in [5.41, 5.74) is 1.22. The van der Waals surface area contributed by atoms with Gasteiger partial charge >= 0.3 is 0 Å². The van der Waals surface area contributed by atoms with E-state index in [1.165, 1.54) is 9.87 Å². The number of hydrogen-bond donors (Lipinski definition) is 1. The lowest BCUT2D eigenvalue weighted by atomic mass is 9.94. The Labute approximate surface area is 196 Å². The molecule has 1 atom stereocenters. The van der Waals surface area contributed by atoms with Crippen LogP contribution in [0.2, 0.25) is 0 Å². The standard InChI is InChI=1S/C25H32N2O5S/c1-2-19(20-7-4-3-5-8-20)18-26-25(28)21-11-13-27(14-12-21)33(29,30)22-9-10-23-24(17-22)32-16-6-15-31-23/h3-5,7-10,17,19,21H,2,6,11-16,18H2,1H3,(H,26,28). The maximum absolute atomic E-state index is 13.2. The second-order valence-electron chi connectivity index (χ2n) is 8.60. The molecule has 0 aliphatic carbocycles. The Morgan fingerprint density at radius 1 is 1.06 bits per heavy atom. The minimum atomic E-state index is -3.66. The number of sulfonamides is 1. The van der Waals surface area contributed by atoms with E-state index in [1.54, 1.807) is 18.2 Å². The van der Waals surface area contributed by atoms with Crippen molar-refractivity contribution in [1.29, 1.82) is 0 Å². The van der Waals surface area contributed by atoms with Crippen LogP contribution in [-0.2, 0) is 14.8 Å². The van der Waals surface area contributed by atoms with Gasteiger partial charge in [0.1, 0.15) is 0 Å². The van der Waals surface area contributed by atoms with Crippen molar-refractivity contribution in [2.45, 2.75) is 43.4 Å². The summed E-state index contributed by atoms with van der Waals surface area (Å²) in [6, 6.07) is 15.0. The molecule has 7 nitrogen and oxygen atoms in total. The Morgan fingerprint density at radius 2 is 1.76 bits per heavy atom. The molecule has 178 valence electrons. The molecule has 0 radical (unpaired) electrons. The van der Waals surface area contributed by atoms with E-state index in [1.807, 2.05) is 18.2 Å². The molecule has 1 amide bonds. The van der Waals surface area contributed by atoms with Gasteiger partial charge in [-0.1, -0.05) is 37.3 Å². The summed E-state index contributed by atoms with van der Waals surface area (Å²) in [4.78, 5) is 13.0. The highest BCUT2D eigenvalue weighted by atomic mass is 32.2. The number of nitrogens with one attached hydrogen (secondary N) is 1. The van der Waals surface area contributed by atoms with Gasteiger partial charge in [0, 0.05) is 44.0 Å². The number of ether oxygens (including phenoxy) is 2. The van der Waals surface area contributed by atoms with Crippen LogP contribution in [0.25, 0.3) is 0 Å². The van der Waals surface area contributed by atoms with Gasteiger partial charge in [-0.2, -0.15) is 4.31 Å². The molecule has 2 aromatic rings. The predicted octanol–water partition coefficient (Wildman–Crippen LogP) is 3.56. The first-order valence-electron chi connectivity index (χ1n) is 11.7. The molecule has 2 aromatic carbocycles. The van der Waals surface area contributed by atoms with Crippen molar-refractivity contribution < 1.29 is 22.7 Å². The molecule has 4 rings (SSSR count). The summed E-state index contributed by atoms with van der Waals surface area (Å²) in [5.74, 6) is 1.15. The van der Waals surface area contributed by atoms with E-state index in [4.69, 9.17) is 9.47 Å². The minimum Gasteiger partial charge on any atom is -0.490 e. The van der Waals surface area contributed by atoms with Crippen molar-refractivity contribution in [2.75, 3.05) is 32.8 Å². The summed E-state index contributed by atoms with van der Waals surface area (Å²) in [5, 5.41) is 3.09. The zero-order valence-corrected chi connectivity index (χ0v) is 19.9. The third kappa shape index (κ3) is 5.50. The molecular weight excluding hydrogens is 440 g/mol. The summed E-state index contributed by atoms with van der Waals surface area (Å²) in [6.45, 7) is 4.41. The maximum atomic E-state index is 13.2. The minimum absolute atomic E-state index is 0.0111. The molecule has 0 aromatic heterocycles. The Kier molecular flexibility index (Phi) is 7.55. The molecule has 2 aliphatic rings. The highest BCUT2D eigenvalue weighted by Crippen LogP contribution is 2.33. The molecule has 0 spiro atoms. The third-order valence-corrected chi connectivity index (χ3v) is 8.36. The zero-order valence-electron chi connectivity index (χ0n) is 19.0. The van der Waals surface area contributed by atoms with E-state index in [9.17, 15) is 13.2 Å². The van der Waals surface area contributed by atoms with Crippen molar-refractivity contribution in [2.24, 2.45) is 5.92 Å². The highest BCUT2D eigenvalue weighted by molar-refractivity contribution is 7.89. The number of rotatable bonds is 7. The molecule has 2 aliphatic heterocycles. The van der Waals surface area contributed by atoms with Crippen LogP contribution >= 0.6 is 0 Å². The van der Waals surface area contributed by atoms with Gasteiger partial charge in [0.05, 0.1) is 18.1 Å². The van der Waals surface area contributed by atoms with Gasteiger partial charge in [-0.05, 0) is 37.0 Å². The lowest BCUT2D eigenvalue weighted by Gasteiger charge is -2.31. The molecule has 2 heterocycles. The van der Waals surface area contributed by atoms with E-state index in [-0.39, 0.29) is 22.6 Å². The molecule has 0 saturated carbocycles. The average Bonchev–Trinajstić information content (AvgIpc) is 3.10. The normalized spacial score (nSPS) is 18.3. The fraction of sp³-hybridized carbons (Fsp3) is 0.480. The molecule has 1 fully saturated rings. The molecule has 33 heavy (non-hydrogen) atoms. The number of amides is 1. The summed E-state index contributed by atoms with van der Waals surface area (Å²) < 4.78 is 39.1. The number of carbonyl (C=O) groups is 1. The monoisotopic (exact) mass is 472 g/mol. The number of benzene rings is 2. The van der Waals surface area contributed by atoms with E-state index < -0.39 is 10.0 Å². The third-order valence-electron chi connectivity index (χ3n) is 6.47. The van der Waals surface area contributed by atoms with Gasteiger partial charge in [0.2, 0.25) is 15.9 Å². The van der Waals surface area contributed by atoms with Crippen LogP contribution in [0.5, 0.6) is 11.5 Å². The van der Waals surface area contributed by atoms with E-state index in [2.05, 4.69) is 24.4 Å². The lowest BCUT2D eigenvalue weighted by molar-refractivity contribution is -0.126. The largest absolute Gasteiger partial charge is 0.490 e. The van der Waals surface area contributed by atoms with Crippen molar-refractivity contribution >= 4 is 15.9 Å². The highest BCUT2D eigenvalue weighted by Gasteiger charge is 2.33. The summed E-state index contributed by atoms with van der Waals surface area (Å²) >= 11 is 0. The van der Waals surface area contributed by atoms with E-state index >= 15 is 0 Å². The first-order chi connectivity index (χ1) is 16.0. The van der Waals surface area contributed by atoms with Crippen LogP contribution in [0.1, 0.15) is 44.1 Å². The Bertz CT molecular complexity index is 1050. The van der Waals surface area contributed by atoms with Gasteiger partial charge < -0.3 is 14.8 Å². The van der Waals surface area contributed by atoms with Gasteiger partial charge in [-0.25, -0.2) is 8.42 Å². The van der Waals surface area contributed by atoms with E-state index in [0.717, 1.165) is 12.8 Å². The fourth-order valence-corrected chi connectivity index (χ4v) is 5.89. The Morgan fingerprint density at radius 3 is 2.45 bits per heavy atom. The smallest absolute Gasteiger partial charge is 0.243 e. The van der Waals surface area contributed by atoms with Gasteiger partial charge in [0.25, 0.3) is 0 Å². The van der Waals surface area contributed by atoms with Crippen molar-refractivity contribution in [3.8, 4) is 11.5 Å². The second kappa shape index (κ2) is 10.6.